The number of rotatable bonds is 7. The minimum atomic E-state index is -0.455. The molecule has 1 N–H and O–H groups in total. The minimum absolute atomic E-state index is 0.122. The molecule has 0 amide bonds. The summed E-state index contributed by atoms with van der Waals surface area (Å²) in [7, 11) is 0. The molecule has 0 bridgehead atoms. The van der Waals surface area contributed by atoms with E-state index in [0.717, 1.165) is 24.1 Å². The van der Waals surface area contributed by atoms with Crippen molar-refractivity contribution in [2.75, 3.05) is 5.32 Å². The fourth-order valence-corrected chi connectivity index (χ4v) is 3.08. The van der Waals surface area contributed by atoms with E-state index in [1.807, 2.05) is 6.07 Å². The van der Waals surface area contributed by atoms with E-state index in [1.54, 1.807) is 25.1 Å². The maximum absolute atomic E-state index is 12.3. The zero-order valence-electron chi connectivity index (χ0n) is 14.7. The van der Waals surface area contributed by atoms with Crippen molar-refractivity contribution in [2.24, 2.45) is 0 Å². The van der Waals surface area contributed by atoms with Gasteiger partial charge in [0.2, 0.25) is 0 Å². The highest BCUT2D eigenvalue weighted by atomic mass is 35.5. The zero-order valence-corrected chi connectivity index (χ0v) is 16.2. The first-order chi connectivity index (χ1) is 12.0. The molecule has 2 rings (SSSR count). The third-order valence-corrected chi connectivity index (χ3v) is 4.69. The summed E-state index contributed by atoms with van der Waals surface area (Å²) in [5.41, 5.74) is 4.15. The van der Waals surface area contributed by atoms with Crippen molar-refractivity contribution in [2.45, 2.75) is 46.3 Å². The molecule has 5 heteroatoms. The van der Waals surface area contributed by atoms with Gasteiger partial charge < -0.3 is 10.1 Å². The Kier molecular flexibility index (Phi) is 7.15. The molecular formula is C20H23Cl2NO2. The Labute approximate surface area is 159 Å². The van der Waals surface area contributed by atoms with E-state index in [1.165, 1.54) is 11.1 Å². The second-order valence-corrected chi connectivity index (χ2v) is 6.71. The summed E-state index contributed by atoms with van der Waals surface area (Å²) in [6.45, 7) is 6.13. The largest absolute Gasteiger partial charge is 0.459 e. The first-order valence-electron chi connectivity index (χ1n) is 8.44. The second kappa shape index (κ2) is 9.12. The van der Waals surface area contributed by atoms with Crippen LogP contribution in [-0.2, 0) is 29.0 Å². The lowest BCUT2D eigenvalue weighted by atomic mass is 10.0. The Balaban J connectivity index is 2.03. The van der Waals surface area contributed by atoms with Gasteiger partial charge in [-0.3, -0.25) is 0 Å². The number of carbonyl (C=O) groups is 1. The summed E-state index contributed by atoms with van der Waals surface area (Å²) >= 11 is 12.0. The van der Waals surface area contributed by atoms with Gasteiger partial charge in [0.25, 0.3) is 0 Å². The zero-order chi connectivity index (χ0) is 18.4. The highest BCUT2D eigenvalue weighted by Gasteiger charge is 2.17. The molecule has 0 saturated carbocycles. The van der Waals surface area contributed by atoms with E-state index >= 15 is 0 Å². The minimum Gasteiger partial charge on any atom is -0.459 e. The normalized spacial score (nSPS) is 11.9. The van der Waals surface area contributed by atoms with Gasteiger partial charge in [-0.1, -0.05) is 61.3 Å². The summed E-state index contributed by atoms with van der Waals surface area (Å²) in [6, 6.07) is 10.9. The van der Waals surface area contributed by atoms with E-state index in [0.29, 0.717) is 10.0 Å². The molecule has 2 aromatic rings. The lowest BCUT2D eigenvalue weighted by molar-refractivity contribution is -0.145. The van der Waals surface area contributed by atoms with Crippen molar-refractivity contribution < 1.29 is 9.53 Å². The molecule has 1 atom stereocenters. The van der Waals surface area contributed by atoms with Gasteiger partial charge in [-0.15, -0.1) is 0 Å². The lowest BCUT2D eigenvalue weighted by Crippen LogP contribution is -2.29. The third-order valence-electron chi connectivity index (χ3n) is 4.10. The number of anilines is 1. The molecule has 0 saturated heterocycles. The first-order valence-corrected chi connectivity index (χ1v) is 9.19. The van der Waals surface area contributed by atoms with Crippen molar-refractivity contribution in [3.05, 3.63) is 63.1 Å². The SMILES string of the molecule is CCc1cccc(CC)c1N[C@@H](C)C(=O)OCc1ccc(Cl)cc1Cl. The molecule has 134 valence electrons. The monoisotopic (exact) mass is 379 g/mol. The number of hydrogen-bond donors (Lipinski definition) is 1. The summed E-state index contributed by atoms with van der Waals surface area (Å²) in [5.74, 6) is -0.320. The van der Waals surface area contributed by atoms with Crippen LogP contribution >= 0.6 is 23.2 Å². The molecule has 0 unspecified atom stereocenters. The molecule has 0 fully saturated rings. The van der Waals surface area contributed by atoms with Crippen molar-refractivity contribution in [1.82, 2.24) is 0 Å². The molecular weight excluding hydrogens is 357 g/mol. The number of nitrogens with one attached hydrogen (secondary N) is 1. The van der Waals surface area contributed by atoms with Crippen LogP contribution in [0.2, 0.25) is 10.0 Å². The quantitative estimate of drug-likeness (QED) is 0.630. The van der Waals surface area contributed by atoms with Crippen LogP contribution in [0.4, 0.5) is 5.69 Å². The van der Waals surface area contributed by atoms with E-state index in [2.05, 4.69) is 31.3 Å². The standard InChI is InChI=1S/C20H23Cl2NO2/c1-4-14-7-6-8-15(5-2)19(14)23-13(3)20(24)25-12-16-9-10-17(21)11-18(16)22/h6-11,13,23H,4-5,12H2,1-3H3/t13-/m0/s1. The Bertz CT molecular complexity index is 724. The maximum atomic E-state index is 12.3. The van der Waals surface area contributed by atoms with Crippen molar-refractivity contribution in [1.29, 1.82) is 0 Å². The van der Waals surface area contributed by atoms with E-state index in [4.69, 9.17) is 27.9 Å². The van der Waals surface area contributed by atoms with Crippen molar-refractivity contribution in [3.63, 3.8) is 0 Å². The number of halogens is 2. The molecule has 0 aromatic heterocycles. The number of carbonyl (C=O) groups excluding carboxylic acids is 1. The Morgan fingerprint density at radius 3 is 2.28 bits per heavy atom. The smallest absolute Gasteiger partial charge is 0.328 e. The van der Waals surface area contributed by atoms with Gasteiger partial charge in [0, 0.05) is 21.3 Å². The molecule has 0 heterocycles. The van der Waals surface area contributed by atoms with Gasteiger partial charge in [0.15, 0.2) is 0 Å². The summed E-state index contributed by atoms with van der Waals surface area (Å²) in [4.78, 5) is 12.3. The van der Waals surface area contributed by atoms with Gasteiger partial charge in [-0.05, 0) is 43.0 Å². The van der Waals surface area contributed by atoms with Gasteiger partial charge in [0.05, 0.1) is 0 Å². The third kappa shape index (κ3) is 5.13. The van der Waals surface area contributed by atoms with Crippen LogP contribution in [0.1, 0.15) is 37.5 Å². The fourth-order valence-electron chi connectivity index (χ4n) is 2.62. The molecule has 0 radical (unpaired) electrons. The Hall–Kier alpha value is -1.71. The van der Waals surface area contributed by atoms with E-state index in [9.17, 15) is 4.79 Å². The molecule has 0 aliphatic carbocycles. The van der Waals surface area contributed by atoms with Crippen LogP contribution < -0.4 is 5.32 Å². The number of esters is 1. The van der Waals surface area contributed by atoms with Crippen LogP contribution in [-0.4, -0.2) is 12.0 Å². The number of aryl methyl sites for hydroxylation is 2. The molecule has 25 heavy (non-hydrogen) atoms. The van der Waals surface area contributed by atoms with Crippen LogP contribution in [0, 0.1) is 0 Å². The first kappa shape index (κ1) is 19.6. The molecule has 2 aromatic carbocycles. The number of hydrogen-bond acceptors (Lipinski definition) is 3. The predicted molar refractivity (Wildman–Crippen MR) is 105 cm³/mol. The topological polar surface area (TPSA) is 38.3 Å². The summed E-state index contributed by atoms with van der Waals surface area (Å²) in [5, 5.41) is 4.36. The number of para-hydroxylation sites is 1. The maximum Gasteiger partial charge on any atom is 0.328 e. The predicted octanol–water partition coefficient (Wildman–Crippen LogP) is 5.66. The summed E-state index contributed by atoms with van der Waals surface area (Å²) in [6.07, 6.45) is 1.80. The van der Waals surface area contributed by atoms with Gasteiger partial charge in [0.1, 0.15) is 12.6 Å². The second-order valence-electron chi connectivity index (χ2n) is 5.87. The average molecular weight is 380 g/mol. The number of benzene rings is 2. The summed E-state index contributed by atoms with van der Waals surface area (Å²) < 4.78 is 5.40. The Morgan fingerprint density at radius 1 is 1.08 bits per heavy atom. The molecule has 0 aliphatic rings. The van der Waals surface area contributed by atoms with Crippen LogP contribution in [0.5, 0.6) is 0 Å². The highest BCUT2D eigenvalue weighted by molar-refractivity contribution is 6.35. The van der Waals surface area contributed by atoms with Crippen molar-refractivity contribution in [3.8, 4) is 0 Å². The van der Waals surface area contributed by atoms with Gasteiger partial charge >= 0.3 is 5.97 Å². The fraction of sp³-hybridized carbons (Fsp3) is 0.350. The van der Waals surface area contributed by atoms with Gasteiger partial charge in [-0.2, -0.15) is 0 Å². The van der Waals surface area contributed by atoms with Crippen LogP contribution in [0.25, 0.3) is 0 Å². The van der Waals surface area contributed by atoms with Crippen molar-refractivity contribution >= 4 is 34.9 Å². The van der Waals surface area contributed by atoms with Crippen LogP contribution in [0.3, 0.4) is 0 Å². The average Bonchev–Trinajstić information content (AvgIpc) is 2.60. The van der Waals surface area contributed by atoms with Crippen LogP contribution in [0.15, 0.2) is 36.4 Å². The number of ether oxygens (including phenoxy) is 1. The Morgan fingerprint density at radius 2 is 1.72 bits per heavy atom. The highest BCUT2D eigenvalue weighted by Crippen LogP contribution is 2.24. The van der Waals surface area contributed by atoms with E-state index < -0.39 is 6.04 Å². The lowest BCUT2D eigenvalue weighted by Gasteiger charge is -2.20. The van der Waals surface area contributed by atoms with Gasteiger partial charge in [-0.25, -0.2) is 4.79 Å². The van der Waals surface area contributed by atoms with E-state index in [-0.39, 0.29) is 12.6 Å². The molecule has 3 nitrogen and oxygen atoms in total. The molecule has 0 spiro atoms. The molecule has 0 aliphatic heterocycles.